The van der Waals surface area contributed by atoms with Crippen molar-refractivity contribution in [2.45, 2.75) is 0 Å². The molecule has 108 valence electrons. The van der Waals surface area contributed by atoms with Crippen LogP contribution < -0.4 is 0 Å². The Morgan fingerprint density at radius 3 is 1.06 bits per heavy atom. The van der Waals surface area contributed by atoms with Gasteiger partial charge in [-0.15, -0.1) is 0 Å². The molecule has 0 fully saturated rings. The van der Waals surface area contributed by atoms with Crippen LogP contribution in [-0.4, -0.2) is 101 Å². The van der Waals surface area contributed by atoms with Crippen LogP contribution in [0.1, 0.15) is 0 Å². The minimum atomic E-state index is 0. The molecule has 0 aromatic carbocycles. The van der Waals surface area contributed by atoms with Crippen LogP contribution in [0.3, 0.4) is 0 Å². The maximum atomic E-state index is 8.07. The third-order valence-electron chi connectivity index (χ3n) is 0.849. The van der Waals surface area contributed by atoms with Crippen LogP contribution in [0, 0.1) is 7.43 Å². The summed E-state index contributed by atoms with van der Waals surface area (Å²) in [5.41, 5.74) is 0. The van der Waals surface area contributed by atoms with Crippen molar-refractivity contribution in [1.82, 2.24) is 14.7 Å². The average molecular weight is 250 g/mol. The number of nitrogens with zero attached hydrogens (tertiary/aromatic N) is 4. The van der Waals surface area contributed by atoms with Crippen molar-refractivity contribution in [2.75, 3.05) is 69.8 Å². The molecule has 0 aromatic heterocycles. The number of hydrogen-bond donors (Lipinski definition) is 1. The van der Waals surface area contributed by atoms with Gasteiger partial charge in [-0.05, 0) is 42.3 Å². The Hall–Kier alpha value is -0.490. The van der Waals surface area contributed by atoms with Gasteiger partial charge in [-0.3, -0.25) is 14.7 Å². The summed E-state index contributed by atoms with van der Waals surface area (Å²) in [5, 5.41) is 8.07. The topological polar surface area (TPSA) is 33.0 Å². The fourth-order valence-electron chi connectivity index (χ4n) is 0.566. The molecule has 0 atom stereocenters. The highest BCUT2D eigenvalue weighted by Crippen LogP contribution is 1.74. The van der Waals surface area contributed by atoms with Gasteiger partial charge in [0.25, 0.3) is 0 Å². The first-order valence-electron chi connectivity index (χ1n) is 5.16. The molecule has 0 saturated carbocycles. The summed E-state index contributed by atoms with van der Waals surface area (Å²) in [4.78, 5) is 5.93. The van der Waals surface area contributed by atoms with E-state index >= 15 is 0 Å². The van der Waals surface area contributed by atoms with E-state index in [0.717, 1.165) is 6.67 Å². The third kappa shape index (κ3) is 93.2. The van der Waals surface area contributed by atoms with Crippen LogP contribution in [0.2, 0.25) is 0 Å². The number of aliphatic hydroxyl groups excluding tert-OH is 1. The first-order valence-corrected chi connectivity index (χ1v) is 5.16. The van der Waals surface area contributed by atoms with Gasteiger partial charge in [0.2, 0.25) is 0 Å². The van der Waals surface area contributed by atoms with E-state index in [1.54, 1.807) is 23.6 Å². The van der Waals surface area contributed by atoms with Crippen molar-refractivity contribution in [1.29, 1.82) is 0 Å². The quantitative estimate of drug-likeness (QED) is 0.330. The summed E-state index contributed by atoms with van der Waals surface area (Å²) >= 11 is 0. The third-order valence-corrected chi connectivity index (χ3v) is 0.849. The number of rotatable bonds is 3. The van der Waals surface area contributed by atoms with Crippen molar-refractivity contribution in [3.63, 3.8) is 0 Å². The van der Waals surface area contributed by atoms with E-state index in [1.807, 2.05) is 14.1 Å². The lowest BCUT2D eigenvalue weighted by Gasteiger charge is -2.14. The lowest BCUT2D eigenvalue weighted by atomic mass is 10.8. The Morgan fingerprint density at radius 2 is 1.06 bits per heavy atom. The Kier molecular flexibility index (Phi) is 26.7. The van der Waals surface area contributed by atoms with Crippen molar-refractivity contribution < 1.29 is 9.68 Å². The molecule has 17 heavy (non-hydrogen) atoms. The van der Waals surface area contributed by atoms with Gasteiger partial charge >= 0.3 is 0 Å². The van der Waals surface area contributed by atoms with E-state index in [9.17, 15) is 0 Å². The van der Waals surface area contributed by atoms with Crippen LogP contribution in [0.4, 0.5) is 0 Å². The molecule has 0 aliphatic rings. The molecule has 1 N–H and O–H groups in total. The SMILES string of the molecule is C=[N+](C)C.CN(C)CN(C)C.CN(C)CO.[CH3-]. The fourth-order valence-corrected chi connectivity index (χ4v) is 0.566. The van der Waals surface area contributed by atoms with Crippen LogP contribution in [0.25, 0.3) is 0 Å². The van der Waals surface area contributed by atoms with Crippen LogP contribution in [0.5, 0.6) is 0 Å². The predicted octanol–water partition coefficient (Wildman–Crippen LogP) is -0.0257. The molecule has 0 bridgehead atoms. The Labute approximate surface area is 109 Å². The highest BCUT2D eigenvalue weighted by Gasteiger charge is 1.87. The van der Waals surface area contributed by atoms with E-state index in [1.165, 1.54) is 0 Å². The van der Waals surface area contributed by atoms with E-state index in [-0.39, 0.29) is 14.2 Å². The van der Waals surface area contributed by atoms with Gasteiger partial charge < -0.3 is 12.5 Å². The molecule has 0 unspecified atom stereocenters. The summed E-state index contributed by atoms with van der Waals surface area (Å²) in [5.74, 6) is 0. The minimum Gasteiger partial charge on any atom is -0.381 e. The van der Waals surface area contributed by atoms with Crippen molar-refractivity contribution in [2.24, 2.45) is 0 Å². The smallest absolute Gasteiger partial charge is 0.131 e. The molecule has 5 heteroatoms. The van der Waals surface area contributed by atoms with E-state index in [0.29, 0.717) is 0 Å². The van der Waals surface area contributed by atoms with Gasteiger partial charge in [0.15, 0.2) is 0 Å². The maximum absolute atomic E-state index is 8.07. The first kappa shape index (κ1) is 25.4. The maximum Gasteiger partial charge on any atom is 0.131 e. The summed E-state index contributed by atoms with van der Waals surface area (Å²) in [6.07, 6.45) is 0. The molecule has 0 aliphatic carbocycles. The number of aliphatic hydroxyl groups is 1. The van der Waals surface area contributed by atoms with Crippen LogP contribution >= 0.6 is 0 Å². The van der Waals surface area contributed by atoms with Gasteiger partial charge in [0.05, 0.1) is 6.73 Å². The molecule has 0 heterocycles. The zero-order valence-corrected chi connectivity index (χ0v) is 13.4. The molecular formula is C12H34N4O. The Morgan fingerprint density at radius 1 is 0.882 bits per heavy atom. The molecule has 0 rings (SSSR count). The van der Waals surface area contributed by atoms with Gasteiger partial charge in [-0.1, -0.05) is 0 Å². The lowest BCUT2D eigenvalue weighted by molar-refractivity contribution is -0.454. The van der Waals surface area contributed by atoms with Crippen molar-refractivity contribution >= 4 is 6.72 Å². The molecule has 0 radical (unpaired) electrons. The second-order valence-corrected chi connectivity index (χ2v) is 4.60. The fraction of sp³-hybridized carbons (Fsp3) is 0.833. The molecule has 0 aromatic rings. The minimum absolute atomic E-state index is 0. The summed E-state index contributed by atoms with van der Waals surface area (Å²) < 4.78 is 1.75. The molecule has 0 amide bonds. The average Bonchev–Trinajstić information content (AvgIpc) is 2.01. The second-order valence-electron chi connectivity index (χ2n) is 4.60. The molecule has 0 aliphatic heterocycles. The second kappa shape index (κ2) is 17.9. The first-order chi connectivity index (χ1) is 7.13. The van der Waals surface area contributed by atoms with E-state index < -0.39 is 0 Å². The Bertz CT molecular complexity index is 137. The van der Waals surface area contributed by atoms with Gasteiger partial charge in [0.1, 0.15) is 20.8 Å². The molecule has 0 spiro atoms. The van der Waals surface area contributed by atoms with Crippen molar-refractivity contribution in [3.8, 4) is 0 Å². The lowest BCUT2D eigenvalue weighted by Crippen LogP contribution is -2.26. The monoisotopic (exact) mass is 250 g/mol. The molecule has 0 saturated heterocycles. The highest BCUT2D eigenvalue weighted by atomic mass is 16.3. The molecule has 5 nitrogen and oxygen atoms in total. The van der Waals surface area contributed by atoms with Gasteiger partial charge in [0, 0.05) is 6.67 Å². The summed E-state index contributed by atoms with van der Waals surface area (Å²) in [6, 6.07) is 0. The standard InChI is InChI=1S/C5H14N2.C3H9NO.C3H8N.CH3/c1-6(2)5-7(3)4;1-4(2)3-5;1-4(2)3;/h5H2,1-4H3;5H,3H2,1-2H3;1H2,2-3H3;1H3/q;;+1;-1. The highest BCUT2D eigenvalue weighted by molar-refractivity contribution is 5.13. The summed E-state index contributed by atoms with van der Waals surface area (Å²) in [7, 11) is 15.6. The Balaban J connectivity index is -0.0000000757. The summed E-state index contributed by atoms with van der Waals surface area (Å²) in [6.45, 7) is 4.64. The number of hydrogen-bond acceptors (Lipinski definition) is 4. The zero-order chi connectivity index (χ0) is 13.7. The van der Waals surface area contributed by atoms with Crippen LogP contribution in [-0.2, 0) is 0 Å². The molecular weight excluding hydrogens is 216 g/mol. The van der Waals surface area contributed by atoms with Gasteiger partial charge in [-0.2, -0.15) is 0 Å². The van der Waals surface area contributed by atoms with Crippen LogP contribution in [0.15, 0.2) is 0 Å². The zero-order valence-electron chi connectivity index (χ0n) is 13.4. The predicted molar refractivity (Wildman–Crippen MR) is 78.7 cm³/mol. The van der Waals surface area contributed by atoms with Crippen molar-refractivity contribution in [3.05, 3.63) is 7.43 Å². The van der Waals surface area contributed by atoms with E-state index in [2.05, 4.69) is 44.7 Å². The largest absolute Gasteiger partial charge is 0.381 e. The van der Waals surface area contributed by atoms with Gasteiger partial charge in [-0.25, -0.2) is 4.58 Å². The normalized spacial score (nSPS) is 8.94. The van der Waals surface area contributed by atoms with E-state index in [4.69, 9.17) is 5.11 Å².